The van der Waals surface area contributed by atoms with Crippen LogP contribution in [0.3, 0.4) is 0 Å². The van der Waals surface area contributed by atoms with Crippen LogP contribution in [0.25, 0.3) is 0 Å². The summed E-state index contributed by atoms with van der Waals surface area (Å²) >= 11 is 1.65. The van der Waals surface area contributed by atoms with Gasteiger partial charge in [0, 0.05) is 37.2 Å². The van der Waals surface area contributed by atoms with Gasteiger partial charge < -0.3 is 10.2 Å². The number of likely N-dealkylation sites (tertiary alicyclic amines) is 1. The average molecular weight is 421 g/mol. The third kappa shape index (κ3) is 4.15. The number of anilines is 1. The first-order valence-corrected chi connectivity index (χ1v) is 11.6. The first-order chi connectivity index (χ1) is 14.4. The molecule has 2 aliphatic heterocycles. The molecule has 156 valence electrons. The molecule has 2 aromatic rings. The van der Waals surface area contributed by atoms with Gasteiger partial charge in [-0.05, 0) is 61.9 Å². The molecule has 2 aliphatic rings. The van der Waals surface area contributed by atoms with Gasteiger partial charge in [-0.25, -0.2) is 9.79 Å². The van der Waals surface area contributed by atoms with Crippen molar-refractivity contribution in [3.05, 3.63) is 64.7 Å². The average Bonchev–Trinajstić information content (AvgIpc) is 3.09. The van der Waals surface area contributed by atoms with Crippen LogP contribution in [-0.2, 0) is 0 Å². The van der Waals surface area contributed by atoms with E-state index in [1.807, 2.05) is 36.1 Å². The van der Waals surface area contributed by atoms with E-state index in [2.05, 4.69) is 43.6 Å². The summed E-state index contributed by atoms with van der Waals surface area (Å²) in [5.41, 5.74) is 6.18. The van der Waals surface area contributed by atoms with Gasteiger partial charge >= 0.3 is 6.03 Å². The van der Waals surface area contributed by atoms with Crippen molar-refractivity contribution in [1.29, 1.82) is 0 Å². The van der Waals surface area contributed by atoms with Crippen LogP contribution in [0.15, 0.2) is 52.4 Å². The summed E-state index contributed by atoms with van der Waals surface area (Å²) in [6.45, 7) is 7.56. The Bertz CT molecular complexity index is 1040. The van der Waals surface area contributed by atoms with Crippen molar-refractivity contribution in [3.8, 4) is 0 Å². The molecule has 0 saturated carbocycles. The highest BCUT2D eigenvalue weighted by Crippen LogP contribution is 2.35. The second kappa shape index (κ2) is 8.26. The van der Waals surface area contributed by atoms with Crippen molar-refractivity contribution in [2.24, 2.45) is 9.98 Å². The van der Waals surface area contributed by atoms with E-state index in [9.17, 15) is 4.79 Å². The molecule has 2 heterocycles. The van der Waals surface area contributed by atoms with Gasteiger partial charge in [-0.15, -0.1) is 11.8 Å². The Balaban J connectivity index is 1.48. The Labute approximate surface area is 182 Å². The molecule has 0 aliphatic carbocycles. The summed E-state index contributed by atoms with van der Waals surface area (Å²) in [6.07, 6.45) is 3.54. The standard InChI is InChI=1S/C24H28N4OS/c1-16-6-5-7-20(14-16)25-23(29)28-12-10-24(11-13-28)26-21(22(27-24)30-4)19-9-8-17(2)18(3)15-19/h5-9,14-15H,10-13H2,1-4H3,(H,25,29). The number of thioether (sulfide) groups is 1. The van der Waals surface area contributed by atoms with E-state index in [4.69, 9.17) is 9.98 Å². The maximum atomic E-state index is 12.7. The fourth-order valence-corrected chi connectivity index (χ4v) is 4.58. The van der Waals surface area contributed by atoms with Gasteiger partial charge in [0.25, 0.3) is 0 Å². The molecule has 2 amide bonds. The van der Waals surface area contributed by atoms with Crippen molar-refractivity contribution in [2.45, 2.75) is 39.3 Å². The van der Waals surface area contributed by atoms with Crippen LogP contribution in [0.4, 0.5) is 10.5 Å². The Kier molecular flexibility index (Phi) is 5.69. The SMILES string of the molecule is CSC1=NC2(CCN(C(=O)Nc3cccc(C)c3)CC2)N=C1c1ccc(C)c(C)c1. The number of carbonyl (C=O) groups is 1. The predicted molar refractivity (Wildman–Crippen MR) is 127 cm³/mol. The molecule has 1 saturated heterocycles. The lowest BCUT2D eigenvalue weighted by Crippen LogP contribution is -2.46. The lowest BCUT2D eigenvalue weighted by Gasteiger charge is -2.35. The molecule has 1 spiro atoms. The molecular formula is C24H28N4OS. The fraction of sp³-hybridized carbons (Fsp3) is 0.375. The fourth-order valence-electron chi connectivity index (χ4n) is 3.96. The molecule has 1 N–H and O–H groups in total. The summed E-state index contributed by atoms with van der Waals surface area (Å²) in [7, 11) is 0. The van der Waals surface area contributed by atoms with Crippen LogP contribution in [-0.4, -0.2) is 46.7 Å². The third-order valence-corrected chi connectivity index (χ3v) is 6.60. The molecule has 0 aromatic heterocycles. The van der Waals surface area contributed by atoms with Crippen LogP contribution >= 0.6 is 11.8 Å². The van der Waals surface area contributed by atoms with Gasteiger partial charge in [-0.2, -0.15) is 0 Å². The molecule has 0 bridgehead atoms. The quantitative estimate of drug-likeness (QED) is 0.726. The zero-order valence-corrected chi connectivity index (χ0v) is 18.8. The van der Waals surface area contributed by atoms with Crippen molar-refractivity contribution in [1.82, 2.24) is 4.90 Å². The largest absolute Gasteiger partial charge is 0.324 e. The highest BCUT2D eigenvalue weighted by Gasteiger charge is 2.40. The van der Waals surface area contributed by atoms with Gasteiger partial charge in [0.2, 0.25) is 0 Å². The summed E-state index contributed by atoms with van der Waals surface area (Å²) < 4.78 is 0. The van der Waals surface area contributed by atoms with E-state index in [0.717, 1.165) is 40.4 Å². The number of aliphatic imine (C=N–C) groups is 2. The van der Waals surface area contributed by atoms with E-state index in [1.54, 1.807) is 11.8 Å². The topological polar surface area (TPSA) is 57.1 Å². The maximum absolute atomic E-state index is 12.7. The summed E-state index contributed by atoms with van der Waals surface area (Å²) in [4.78, 5) is 24.7. The second-order valence-corrected chi connectivity index (χ2v) is 8.94. The number of hydrogen-bond donors (Lipinski definition) is 1. The van der Waals surface area contributed by atoms with E-state index in [-0.39, 0.29) is 6.03 Å². The van der Waals surface area contributed by atoms with Gasteiger partial charge in [0.1, 0.15) is 5.04 Å². The first kappa shape index (κ1) is 20.7. The minimum atomic E-state index is -0.438. The van der Waals surface area contributed by atoms with Crippen LogP contribution < -0.4 is 5.32 Å². The normalized spacial score (nSPS) is 17.7. The lowest BCUT2D eigenvalue weighted by atomic mass is 9.98. The van der Waals surface area contributed by atoms with Crippen LogP contribution in [0.1, 0.15) is 35.1 Å². The molecule has 30 heavy (non-hydrogen) atoms. The van der Waals surface area contributed by atoms with Crippen LogP contribution in [0.2, 0.25) is 0 Å². The summed E-state index contributed by atoms with van der Waals surface area (Å²) in [6, 6.07) is 14.3. The zero-order valence-electron chi connectivity index (χ0n) is 18.0. The number of hydrogen-bond acceptors (Lipinski definition) is 4. The number of aryl methyl sites for hydroxylation is 3. The number of urea groups is 1. The zero-order chi connectivity index (χ0) is 21.3. The molecule has 0 atom stereocenters. The van der Waals surface area contributed by atoms with Crippen LogP contribution in [0.5, 0.6) is 0 Å². The highest BCUT2D eigenvalue weighted by molar-refractivity contribution is 8.15. The minimum Gasteiger partial charge on any atom is -0.324 e. The molecule has 0 unspecified atom stereocenters. The Morgan fingerprint density at radius 2 is 1.80 bits per heavy atom. The number of nitrogens with zero attached hydrogens (tertiary/aromatic N) is 3. The number of rotatable bonds is 2. The molecule has 0 radical (unpaired) electrons. The summed E-state index contributed by atoms with van der Waals surface area (Å²) in [5, 5.41) is 4.00. The monoisotopic (exact) mass is 420 g/mol. The number of benzene rings is 2. The third-order valence-electron chi connectivity index (χ3n) is 5.93. The van der Waals surface area contributed by atoms with E-state index >= 15 is 0 Å². The molecule has 2 aromatic carbocycles. The Hall–Kier alpha value is -2.60. The molecule has 5 nitrogen and oxygen atoms in total. The van der Waals surface area contributed by atoms with Gasteiger partial charge in [0.05, 0.1) is 5.71 Å². The van der Waals surface area contributed by atoms with Crippen molar-refractivity contribution in [3.63, 3.8) is 0 Å². The van der Waals surface area contributed by atoms with Gasteiger partial charge in [-0.3, -0.25) is 4.99 Å². The van der Waals surface area contributed by atoms with E-state index < -0.39 is 5.66 Å². The smallest absolute Gasteiger partial charge is 0.321 e. The predicted octanol–water partition coefficient (Wildman–Crippen LogP) is 5.20. The maximum Gasteiger partial charge on any atom is 0.321 e. The lowest BCUT2D eigenvalue weighted by molar-refractivity contribution is 0.175. The second-order valence-electron chi connectivity index (χ2n) is 8.15. The number of piperidine rings is 1. The summed E-state index contributed by atoms with van der Waals surface area (Å²) in [5.74, 6) is 0. The van der Waals surface area contributed by atoms with Gasteiger partial charge in [0.15, 0.2) is 5.66 Å². The van der Waals surface area contributed by atoms with Gasteiger partial charge in [-0.1, -0.05) is 24.3 Å². The number of amides is 2. The van der Waals surface area contributed by atoms with E-state index in [1.165, 1.54) is 11.1 Å². The number of carbonyl (C=O) groups excluding carboxylic acids is 1. The highest BCUT2D eigenvalue weighted by atomic mass is 32.2. The minimum absolute atomic E-state index is 0.0547. The van der Waals surface area contributed by atoms with Crippen LogP contribution in [0, 0.1) is 20.8 Å². The van der Waals surface area contributed by atoms with E-state index in [0.29, 0.717) is 13.1 Å². The molecule has 1 fully saturated rings. The molecule has 6 heteroatoms. The van der Waals surface area contributed by atoms with Crippen molar-refractivity contribution < 1.29 is 4.79 Å². The Morgan fingerprint density at radius 3 is 2.47 bits per heavy atom. The molecule has 4 rings (SSSR count). The first-order valence-electron chi connectivity index (χ1n) is 10.3. The molecular weight excluding hydrogens is 392 g/mol. The number of nitrogens with one attached hydrogen (secondary N) is 1. The Morgan fingerprint density at radius 1 is 1.03 bits per heavy atom. The van der Waals surface area contributed by atoms with Crippen molar-refractivity contribution in [2.75, 3.05) is 24.7 Å². The van der Waals surface area contributed by atoms with Crippen molar-refractivity contribution >= 4 is 34.2 Å².